The molecule has 3 aromatic rings. The largest absolute Gasteiger partial charge is 0.495 e. The van der Waals surface area contributed by atoms with Gasteiger partial charge in [-0.25, -0.2) is 8.42 Å². The number of rotatable bonds is 7. The highest BCUT2D eigenvalue weighted by molar-refractivity contribution is 7.94. The number of para-hydroxylation sites is 2. The van der Waals surface area contributed by atoms with Crippen LogP contribution in [-0.4, -0.2) is 28.0 Å². The van der Waals surface area contributed by atoms with E-state index in [1.54, 1.807) is 35.7 Å². The van der Waals surface area contributed by atoms with E-state index in [0.29, 0.717) is 11.4 Å². The van der Waals surface area contributed by atoms with E-state index in [0.717, 1.165) is 15.6 Å². The van der Waals surface area contributed by atoms with E-state index in [1.807, 2.05) is 6.07 Å². The van der Waals surface area contributed by atoms with Crippen LogP contribution in [0, 0.1) is 11.3 Å². The molecule has 0 saturated carbocycles. The number of nitriles is 1. The number of methoxy groups -OCH3 is 1. The number of hydrogen-bond acceptors (Lipinski definition) is 6. The molecule has 1 N–H and O–H groups in total. The number of amides is 1. The topological polar surface area (TPSA) is 99.5 Å². The highest BCUT2D eigenvalue weighted by atomic mass is 35.5. The predicted octanol–water partition coefficient (Wildman–Crippen LogP) is 4.12. The normalized spacial score (nSPS) is 10.8. The zero-order valence-electron chi connectivity index (χ0n) is 15.7. The van der Waals surface area contributed by atoms with Crippen LogP contribution in [-0.2, 0) is 14.8 Å². The smallest absolute Gasteiger partial charge is 0.274 e. The summed E-state index contributed by atoms with van der Waals surface area (Å²) in [4.78, 5) is 12.7. The molecule has 0 fully saturated rings. The molecular weight excluding hydrogens is 446 g/mol. The summed E-state index contributed by atoms with van der Waals surface area (Å²) in [5, 5.41) is 13.4. The lowest BCUT2D eigenvalue weighted by Gasteiger charge is -2.25. The summed E-state index contributed by atoms with van der Waals surface area (Å²) < 4.78 is 32.9. The summed E-state index contributed by atoms with van der Waals surface area (Å²) in [5.74, 6) is -0.270. The van der Waals surface area contributed by atoms with E-state index < -0.39 is 22.5 Å². The first kappa shape index (κ1) is 21.6. The molecule has 0 spiro atoms. The van der Waals surface area contributed by atoms with Gasteiger partial charge in [0.25, 0.3) is 10.0 Å². The van der Waals surface area contributed by atoms with Crippen molar-refractivity contribution in [3.63, 3.8) is 0 Å². The predicted molar refractivity (Wildman–Crippen MR) is 117 cm³/mol. The van der Waals surface area contributed by atoms with E-state index in [9.17, 15) is 13.2 Å². The van der Waals surface area contributed by atoms with Gasteiger partial charge in [0.1, 0.15) is 22.6 Å². The summed E-state index contributed by atoms with van der Waals surface area (Å²) in [5.41, 5.74) is 0.851. The zero-order chi connectivity index (χ0) is 21.7. The molecule has 10 heteroatoms. The molecule has 0 aliphatic heterocycles. The summed E-state index contributed by atoms with van der Waals surface area (Å²) in [6, 6.07) is 16.0. The summed E-state index contributed by atoms with van der Waals surface area (Å²) in [6.45, 7) is -0.488. The van der Waals surface area contributed by atoms with Gasteiger partial charge in [0.2, 0.25) is 5.91 Å². The molecule has 2 aromatic carbocycles. The molecular formula is C20H16ClN3O4S2. The average Bonchev–Trinajstić information content (AvgIpc) is 3.28. The van der Waals surface area contributed by atoms with E-state index in [-0.39, 0.29) is 20.5 Å². The van der Waals surface area contributed by atoms with Gasteiger partial charge in [0, 0.05) is 5.69 Å². The van der Waals surface area contributed by atoms with Crippen LogP contribution in [0.25, 0.3) is 0 Å². The lowest BCUT2D eigenvalue weighted by molar-refractivity contribution is -0.114. The number of sulfonamides is 1. The molecule has 0 unspecified atom stereocenters. The van der Waals surface area contributed by atoms with Gasteiger partial charge in [-0.2, -0.15) is 5.26 Å². The van der Waals surface area contributed by atoms with Gasteiger partial charge in [-0.05, 0) is 41.8 Å². The Balaban J connectivity index is 1.94. The van der Waals surface area contributed by atoms with Gasteiger partial charge < -0.3 is 10.1 Å². The Bertz CT molecular complexity index is 1210. The standard InChI is InChI=1S/C20H16ClN3O4S2/c1-28-18-6-3-2-5-17(18)24(30(26,27)20-7-4-10-29-20)13-19(25)23-15-9-8-14(12-22)16(21)11-15/h2-11H,13H2,1H3,(H,23,25). The molecule has 3 rings (SSSR count). The Labute approximate surface area is 183 Å². The van der Waals surface area contributed by atoms with E-state index >= 15 is 0 Å². The molecule has 0 aliphatic rings. The highest BCUT2D eigenvalue weighted by Gasteiger charge is 2.30. The molecule has 7 nitrogen and oxygen atoms in total. The first-order valence-electron chi connectivity index (χ1n) is 8.55. The van der Waals surface area contributed by atoms with Crippen LogP contribution >= 0.6 is 22.9 Å². The third-order valence-corrected chi connectivity index (χ3v) is 7.50. The van der Waals surface area contributed by atoms with Crippen LogP contribution < -0.4 is 14.4 Å². The van der Waals surface area contributed by atoms with Gasteiger partial charge in [-0.15, -0.1) is 11.3 Å². The highest BCUT2D eigenvalue weighted by Crippen LogP contribution is 2.33. The quantitative estimate of drug-likeness (QED) is 0.570. The van der Waals surface area contributed by atoms with Crippen molar-refractivity contribution in [2.45, 2.75) is 4.21 Å². The van der Waals surface area contributed by atoms with Crippen molar-refractivity contribution in [2.75, 3.05) is 23.3 Å². The van der Waals surface area contributed by atoms with Gasteiger partial charge >= 0.3 is 0 Å². The Morgan fingerprint density at radius 1 is 1.23 bits per heavy atom. The Kier molecular flexibility index (Phi) is 6.62. The number of benzene rings is 2. The van der Waals surface area contributed by atoms with Crippen LogP contribution in [0.2, 0.25) is 5.02 Å². The number of carbonyl (C=O) groups is 1. The van der Waals surface area contributed by atoms with Crippen LogP contribution in [0.1, 0.15) is 5.56 Å². The Morgan fingerprint density at radius 2 is 2.00 bits per heavy atom. The summed E-state index contributed by atoms with van der Waals surface area (Å²) in [7, 11) is -2.58. The molecule has 0 atom stereocenters. The van der Waals surface area contributed by atoms with Gasteiger partial charge in [0.15, 0.2) is 0 Å². The zero-order valence-corrected chi connectivity index (χ0v) is 18.1. The summed E-state index contributed by atoms with van der Waals surface area (Å²) in [6.07, 6.45) is 0. The molecule has 0 aliphatic carbocycles. The maximum absolute atomic E-state index is 13.2. The number of thiophene rings is 1. The number of hydrogen-bond donors (Lipinski definition) is 1. The van der Waals surface area contributed by atoms with Crippen molar-refractivity contribution >= 4 is 50.2 Å². The second kappa shape index (κ2) is 9.17. The fourth-order valence-corrected chi connectivity index (χ4v) is 5.43. The van der Waals surface area contributed by atoms with Crippen molar-refractivity contribution in [1.82, 2.24) is 0 Å². The minimum Gasteiger partial charge on any atom is -0.495 e. The lowest BCUT2D eigenvalue weighted by atomic mass is 10.2. The molecule has 1 aromatic heterocycles. The second-order valence-corrected chi connectivity index (χ2v) is 9.41. The van der Waals surface area contributed by atoms with Crippen molar-refractivity contribution in [1.29, 1.82) is 5.26 Å². The third kappa shape index (κ3) is 4.57. The molecule has 1 heterocycles. The van der Waals surface area contributed by atoms with Gasteiger partial charge in [-0.1, -0.05) is 29.8 Å². The fourth-order valence-electron chi connectivity index (χ4n) is 2.67. The van der Waals surface area contributed by atoms with Crippen LogP contribution in [0.5, 0.6) is 5.75 Å². The van der Waals surface area contributed by atoms with Crippen molar-refractivity contribution in [2.24, 2.45) is 0 Å². The molecule has 0 bridgehead atoms. The number of nitrogens with zero attached hydrogens (tertiary/aromatic N) is 2. The second-order valence-electron chi connectivity index (χ2n) is 5.97. The monoisotopic (exact) mass is 461 g/mol. The molecule has 154 valence electrons. The minimum atomic E-state index is -4.01. The minimum absolute atomic E-state index is 0.0997. The average molecular weight is 462 g/mol. The molecule has 0 saturated heterocycles. The molecule has 1 amide bonds. The van der Waals surface area contributed by atoms with Crippen molar-refractivity contribution in [3.05, 3.63) is 70.6 Å². The lowest BCUT2D eigenvalue weighted by Crippen LogP contribution is -2.38. The van der Waals surface area contributed by atoms with E-state index in [1.165, 1.54) is 31.4 Å². The third-order valence-electron chi connectivity index (χ3n) is 4.05. The van der Waals surface area contributed by atoms with Crippen molar-refractivity contribution < 1.29 is 17.9 Å². The summed E-state index contributed by atoms with van der Waals surface area (Å²) >= 11 is 7.05. The molecule has 0 radical (unpaired) electrons. The maximum atomic E-state index is 13.2. The first-order valence-corrected chi connectivity index (χ1v) is 11.3. The number of halogens is 1. The van der Waals surface area contributed by atoms with Crippen molar-refractivity contribution in [3.8, 4) is 11.8 Å². The maximum Gasteiger partial charge on any atom is 0.274 e. The van der Waals surface area contributed by atoms with Gasteiger partial charge in [0.05, 0.1) is 23.4 Å². The first-order chi connectivity index (χ1) is 14.4. The molecule has 30 heavy (non-hydrogen) atoms. The van der Waals surface area contributed by atoms with E-state index in [4.69, 9.17) is 21.6 Å². The van der Waals surface area contributed by atoms with E-state index in [2.05, 4.69) is 5.32 Å². The van der Waals surface area contributed by atoms with Crippen LogP contribution in [0.4, 0.5) is 11.4 Å². The number of anilines is 2. The van der Waals surface area contributed by atoms with Gasteiger partial charge in [-0.3, -0.25) is 9.10 Å². The Morgan fingerprint density at radius 3 is 2.63 bits per heavy atom. The Hall–Kier alpha value is -3.06. The fraction of sp³-hybridized carbons (Fsp3) is 0.100. The number of carbonyl (C=O) groups excluding carboxylic acids is 1. The number of nitrogens with one attached hydrogen (secondary N) is 1. The van der Waals surface area contributed by atoms with Crippen LogP contribution in [0.15, 0.2) is 64.2 Å². The SMILES string of the molecule is COc1ccccc1N(CC(=O)Nc1ccc(C#N)c(Cl)c1)S(=O)(=O)c1cccs1. The number of ether oxygens (including phenoxy) is 1. The van der Waals surface area contributed by atoms with Crippen LogP contribution in [0.3, 0.4) is 0 Å².